The van der Waals surface area contributed by atoms with Gasteiger partial charge in [-0.25, -0.2) is 4.39 Å². The molecule has 0 aliphatic rings. The average molecular weight is 269 g/mol. The minimum absolute atomic E-state index is 0.0331. The van der Waals surface area contributed by atoms with Crippen molar-refractivity contribution in [1.29, 1.82) is 5.26 Å². The Bertz CT molecular complexity index is 650. The fourth-order valence-electron chi connectivity index (χ4n) is 1.67. The Balaban J connectivity index is 1.99. The van der Waals surface area contributed by atoms with Crippen molar-refractivity contribution in [2.45, 2.75) is 0 Å². The minimum Gasteiger partial charge on any atom is -0.376 e. The molecule has 1 amide bonds. The predicted molar refractivity (Wildman–Crippen MR) is 74.7 cm³/mol. The molecule has 0 saturated heterocycles. The Morgan fingerprint density at radius 1 is 1.15 bits per heavy atom. The molecule has 2 N–H and O–H groups in total. The molecule has 0 radical (unpaired) electrons. The van der Waals surface area contributed by atoms with E-state index < -0.39 is 5.82 Å². The van der Waals surface area contributed by atoms with Crippen molar-refractivity contribution in [3.8, 4) is 6.07 Å². The van der Waals surface area contributed by atoms with Gasteiger partial charge in [0.25, 0.3) is 0 Å². The molecule has 2 aromatic rings. The number of nitriles is 1. The standard InChI is InChI=1S/C15H12FN3O/c16-13-7-4-8-14(12(13)9-17)19-15(20)10-18-11-5-2-1-3-6-11/h1-8,18H,10H2,(H,19,20). The van der Waals surface area contributed by atoms with Crippen molar-refractivity contribution in [3.63, 3.8) is 0 Å². The van der Waals surface area contributed by atoms with Crippen LogP contribution < -0.4 is 10.6 Å². The first-order chi connectivity index (χ1) is 9.70. The summed E-state index contributed by atoms with van der Waals surface area (Å²) >= 11 is 0. The van der Waals surface area contributed by atoms with E-state index in [9.17, 15) is 9.18 Å². The lowest BCUT2D eigenvalue weighted by atomic mass is 10.2. The number of halogens is 1. The van der Waals surface area contributed by atoms with Crippen molar-refractivity contribution in [2.75, 3.05) is 17.2 Å². The second-order valence-corrected chi connectivity index (χ2v) is 4.04. The number of rotatable bonds is 4. The van der Waals surface area contributed by atoms with Gasteiger partial charge in [0.2, 0.25) is 5.91 Å². The number of anilines is 2. The summed E-state index contributed by atoms with van der Waals surface area (Å²) in [6, 6.07) is 15.1. The van der Waals surface area contributed by atoms with E-state index >= 15 is 0 Å². The maximum Gasteiger partial charge on any atom is 0.243 e. The molecule has 5 heteroatoms. The molecule has 0 aliphatic heterocycles. The highest BCUT2D eigenvalue weighted by atomic mass is 19.1. The molecular weight excluding hydrogens is 257 g/mol. The van der Waals surface area contributed by atoms with Crippen LogP contribution in [-0.2, 0) is 4.79 Å². The van der Waals surface area contributed by atoms with Crippen molar-refractivity contribution in [1.82, 2.24) is 0 Å². The molecule has 0 heterocycles. The molecule has 100 valence electrons. The van der Waals surface area contributed by atoms with Gasteiger partial charge in [0.15, 0.2) is 0 Å². The van der Waals surface area contributed by atoms with E-state index in [1.165, 1.54) is 18.2 Å². The third-order valence-electron chi connectivity index (χ3n) is 2.63. The van der Waals surface area contributed by atoms with Gasteiger partial charge in [-0.15, -0.1) is 0 Å². The van der Waals surface area contributed by atoms with E-state index in [0.29, 0.717) is 0 Å². The molecule has 2 aromatic carbocycles. The van der Waals surface area contributed by atoms with E-state index in [4.69, 9.17) is 5.26 Å². The Labute approximate surface area is 115 Å². The number of carbonyl (C=O) groups is 1. The normalized spacial score (nSPS) is 9.60. The monoisotopic (exact) mass is 269 g/mol. The summed E-state index contributed by atoms with van der Waals surface area (Å²) in [7, 11) is 0. The molecule has 0 atom stereocenters. The number of carbonyl (C=O) groups excluding carboxylic acids is 1. The van der Waals surface area contributed by atoms with Gasteiger partial charge >= 0.3 is 0 Å². The van der Waals surface area contributed by atoms with Gasteiger partial charge in [0, 0.05) is 5.69 Å². The van der Waals surface area contributed by atoms with Gasteiger partial charge in [-0.1, -0.05) is 24.3 Å². The second kappa shape index (κ2) is 6.34. The highest BCUT2D eigenvalue weighted by Crippen LogP contribution is 2.17. The maximum absolute atomic E-state index is 13.4. The number of para-hydroxylation sites is 1. The van der Waals surface area contributed by atoms with Gasteiger partial charge in [0.1, 0.15) is 17.4 Å². The number of amides is 1. The lowest BCUT2D eigenvalue weighted by Gasteiger charge is -2.09. The van der Waals surface area contributed by atoms with Gasteiger partial charge in [-0.3, -0.25) is 4.79 Å². The van der Waals surface area contributed by atoms with Gasteiger partial charge < -0.3 is 10.6 Å². The topological polar surface area (TPSA) is 64.9 Å². The van der Waals surface area contributed by atoms with Crippen molar-refractivity contribution >= 4 is 17.3 Å². The Morgan fingerprint density at radius 3 is 2.60 bits per heavy atom. The summed E-state index contributed by atoms with van der Waals surface area (Å²) in [5, 5.41) is 14.3. The quantitative estimate of drug-likeness (QED) is 0.897. The largest absolute Gasteiger partial charge is 0.376 e. The van der Waals surface area contributed by atoms with Crippen LogP contribution in [0.1, 0.15) is 5.56 Å². The number of hydrogen-bond donors (Lipinski definition) is 2. The van der Waals surface area contributed by atoms with E-state index in [0.717, 1.165) is 5.69 Å². The van der Waals surface area contributed by atoms with Crippen LogP contribution in [0.5, 0.6) is 0 Å². The summed E-state index contributed by atoms with van der Waals surface area (Å²) in [5.74, 6) is -1.00. The lowest BCUT2D eigenvalue weighted by molar-refractivity contribution is -0.114. The molecule has 20 heavy (non-hydrogen) atoms. The van der Waals surface area contributed by atoms with Crippen LogP contribution >= 0.6 is 0 Å². The minimum atomic E-state index is -0.652. The number of nitrogens with zero attached hydrogens (tertiary/aromatic N) is 1. The second-order valence-electron chi connectivity index (χ2n) is 4.04. The number of nitrogens with one attached hydrogen (secondary N) is 2. The zero-order valence-corrected chi connectivity index (χ0v) is 10.6. The summed E-state index contributed by atoms with van der Waals surface area (Å²) in [6.07, 6.45) is 0. The first-order valence-corrected chi connectivity index (χ1v) is 5.98. The van der Waals surface area contributed by atoms with E-state index in [2.05, 4.69) is 10.6 Å². The summed E-state index contributed by atoms with van der Waals surface area (Å²) in [5.41, 5.74) is 0.815. The van der Waals surface area contributed by atoms with Gasteiger partial charge in [-0.2, -0.15) is 5.26 Å². The molecule has 0 fully saturated rings. The molecular formula is C15H12FN3O. The molecule has 0 saturated carbocycles. The highest BCUT2D eigenvalue weighted by molar-refractivity contribution is 5.94. The number of benzene rings is 2. The smallest absolute Gasteiger partial charge is 0.243 e. The summed E-state index contributed by atoms with van der Waals surface area (Å²) < 4.78 is 13.4. The zero-order valence-electron chi connectivity index (χ0n) is 10.6. The van der Waals surface area contributed by atoms with Crippen LogP contribution in [0.3, 0.4) is 0 Å². The van der Waals surface area contributed by atoms with Crippen LogP contribution in [0.25, 0.3) is 0 Å². The van der Waals surface area contributed by atoms with Gasteiger partial charge in [-0.05, 0) is 24.3 Å². The third-order valence-corrected chi connectivity index (χ3v) is 2.63. The van der Waals surface area contributed by atoms with E-state index in [1.807, 2.05) is 30.3 Å². The third kappa shape index (κ3) is 3.33. The molecule has 0 bridgehead atoms. The Hall–Kier alpha value is -2.87. The van der Waals surface area contributed by atoms with Crippen LogP contribution in [0.15, 0.2) is 48.5 Å². The van der Waals surface area contributed by atoms with Crippen molar-refractivity contribution < 1.29 is 9.18 Å². The van der Waals surface area contributed by atoms with Crippen molar-refractivity contribution in [2.24, 2.45) is 0 Å². The molecule has 2 rings (SSSR count). The Morgan fingerprint density at radius 2 is 1.90 bits per heavy atom. The van der Waals surface area contributed by atoms with Crippen LogP contribution in [0.4, 0.5) is 15.8 Å². The summed E-state index contributed by atoms with van der Waals surface area (Å²) in [4.78, 5) is 11.8. The van der Waals surface area contributed by atoms with Crippen molar-refractivity contribution in [3.05, 3.63) is 59.9 Å². The first kappa shape index (κ1) is 13.6. The zero-order chi connectivity index (χ0) is 14.4. The van der Waals surface area contributed by atoms with Crippen LogP contribution in [0, 0.1) is 17.1 Å². The molecule has 0 spiro atoms. The maximum atomic E-state index is 13.4. The van der Waals surface area contributed by atoms with Crippen LogP contribution in [0.2, 0.25) is 0 Å². The molecule has 4 nitrogen and oxygen atoms in total. The van der Waals surface area contributed by atoms with E-state index in [1.54, 1.807) is 6.07 Å². The SMILES string of the molecule is N#Cc1c(F)cccc1NC(=O)CNc1ccccc1. The molecule has 0 aliphatic carbocycles. The summed E-state index contributed by atoms with van der Waals surface area (Å²) in [6.45, 7) is 0.0331. The number of hydrogen-bond acceptors (Lipinski definition) is 3. The van der Waals surface area contributed by atoms with Crippen LogP contribution in [-0.4, -0.2) is 12.5 Å². The fourth-order valence-corrected chi connectivity index (χ4v) is 1.67. The van der Waals surface area contributed by atoms with E-state index in [-0.39, 0.29) is 23.7 Å². The predicted octanol–water partition coefficient (Wildman–Crippen LogP) is 2.75. The van der Waals surface area contributed by atoms with Gasteiger partial charge in [0.05, 0.1) is 12.2 Å². The molecule has 0 aromatic heterocycles. The Kier molecular flexibility index (Phi) is 4.30. The molecule has 0 unspecified atom stereocenters. The first-order valence-electron chi connectivity index (χ1n) is 5.98. The fraction of sp³-hybridized carbons (Fsp3) is 0.0667. The average Bonchev–Trinajstić information content (AvgIpc) is 2.46. The highest BCUT2D eigenvalue weighted by Gasteiger charge is 2.10. The lowest BCUT2D eigenvalue weighted by Crippen LogP contribution is -2.22.